The smallest absolute Gasteiger partial charge is 0.126 e. The van der Waals surface area contributed by atoms with Gasteiger partial charge >= 0.3 is 0 Å². The highest BCUT2D eigenvalue weighted by Crippen LogP contribution is 2.30. The Bertz CT molecular complexity index is 2240. The maximum atomic E-state index is 14.3. The number of aromatic nitrogens is 4. The minimum Gasteiger partial charge on any atom is -0.373 e. The molecule has 2 aromatic carbocycles. The van der Waals surface area contributed by atoms with Crippen LogP contribution in [0.2, 0.25) is 0 Å². The molecule has 2 aliphatic rings. The zero-order valence-electron chi connectivity index (χ0n) is 27.8. The van der Waals surface area contributed by atoms with E-state index in [1.54, 1.807) is 24.3 Å². The van der Waals surface area contributed by atoms with Gasteiger partial charge < -0.3 is 19.4 Å². The Morgan fingerprint density at radius 2 is 1.29 bits per heavy atom. The van der Waals surface area contributed by atoms with Crippen molar-refractivity contribution < 1.29 is 19.6 Å². The summed E-state index contributed by atoms with van der Waals surface area (Å²) in [7, 11) is 0. The molecule has 8 bridgehead atoms. The Morgan fingerprint density at radius 1 is 0.688 bits per heavy atom. The summed E-state index contributed by atoms with van der Waals surface area (Å²) in [6.45, 7) is 4.49. The van der Waals surface area contributed by atoms with Crippen LogP contribution in [0.15, 0.2) is 91.0 Å². The number of H-pyrrole nitrogens is 2. The van der Waals surface area contributed by atoms with Crippen LogP contribution in [-0.2, 0) is 22.3 Å². The van der Waals surface area contributed by atoms with Crippen molar-refractivity contribution in [3.63, 3.8) is 0 Å². The van der Waals surface area contributed by atoms with Crippen LogP contribution in [0.4, 0.5) is 8.78 Å². The number of hydrogen-bond donors (Lipinski definition) is 2. The summed E-state index contributed by atoms with van der Waals surface area (Å²) < 4.78 is 50.1. The minimum absolute atomic E-state index is 0.242. The largest absolute Gasteiger partial charge is 0.373 e. The Morgan fingerprint density at radius 3 is 1.96 bits per heavy atom. The van der Waals surface area contributed by atoms with Crippen LogP contribution in [0.25, 0.3) is 45.9 Å². The van der Waals surface area contributed by atoms with Crippen LogP contribution in [0.1, 0.15) is 60.8 Å². The summed E-state index contributed by atoms with van der Waals surface area (Å²) in [4.78, 5) is 16.6. The van der Waals surface area contributed by atoms with E-state index in [-0.39, 0.29) is 24.3 Å². The topological polar surface area (TPSA) is 75.8 Å². The van der Waals surface area contributed by atoms with Crippen LogP contribution >= 0.6 is 0 Å². The molecule has 0 radical (unpaired) electrons. The Labute approximate surface area is 279 Å². The molecule has 5 heterocycles. The Kier molecular flexibility index (Phi) is 8.73. The van der Waals surface area contributed by atoms with Gasteiger partial charge in [0.15, 0.2) is 0 Å². The van der Waals surface area contributed by atoms with Gasteiger partial charge in [0.25, 0.3) is 0 Å². The first-order valence-electron chi connectivity index (χ1n) is 16.6. The van der Waals surface area contributed by atoms with E-state index in [0.29, 0.717) is 58.9 Å². The molecule has 0 saturated carbocycles. The molecule has 2 unspecified atom stereocenters. The highest BCUT2D eigenvalue weighted by molar-refractivity contribution is 5.87. The van der Waals surface area contributed by atoms with E-state index >= 15 is 0 Å². The zero-order valence-corrected chi connectivity index (χ0v) is 26.8. The number of fused-ring (bicyclic) bond motifs is 8. The second-order valence-electron chi connectivity index (χ2n) is 12.0. The van der Waals surface area contributed by atoms with Gasteiger partial charge in [-0.25, -0.2) is 18.7 Å². The van der Waals surface area contributed by atoms with E-state index in [9.17, 15) is 8.78 Å². The summed E-state index contributed by atoms with van der Waals surface area (Å²) in [5.74, 6) is -0.504. The third-order valence-corrected chi connectivity index (χ3v) is 8.51. The number of benzene rings is 2. The third-order valence-electron chi connectivity index (χ3n) is 8.51. The van der Waals surface area contributed by atoms with E-state index in [1.807, 2.05) is 80.6 Å². The second kappa shape index (κ2) is 13.9. The van der Waals surface area contributed by atoms with Crippen molar-refractivity contribution in [1.82, 2.24) is 19.9 Å². The van der Waals surface area contributed by atoms with Crippen LogP contribution < -0.4 is 0 Å². The predicted molar refractivity (Wildman–Crippen MR) is 188 cm³/mol. The standard InChI is InChI=1S/C40H36F2N4O2/c1-25(47-17-15-27-7-3-5-9-37(27)41)35-21-33-20-31-12-11-29(43-31)19-30-13-14-32(44-30)23-39-36(22-34(46-39)24-40(35)45-33)26(2)48-18-16-28-8-4-6-10-38(28)42/h3-14,19-26,44-45H,15-18H2,1-2H3/i21D. The van der Waals surface area contributed by atoms with Crippen molar-refractivity contribution >= 4 is 45.9 Å². The van der Waals surface area contributed by atoms with Crippen LogP contribution in [0, 0.1) is 11.6 Å². The number of rotatable bonds is 10. The van der Waals surface area contributed by atoms with E-state index < -0.39 is 6.10 Å². The van der Waals surface area contributed by atoms with E-state index in [4.69, 9.17) is 20.8 Å². The molecule has 0 fully saturated rings. The lowest BCUT2D eigenvalue weighted by molar-refractivity contribution is 0.0688. The van der Waals surface area contributed by atoms with Gasteiger partial charge in [-0.3, -0.25) is 0 Å². The number of halogens is 2. The van der Waals surface area contributed by atoms with E-state index in [1.165, 1.54) is 12.1 Å². The van der Waals surface area contributed by atoms with Crippen LogP contribution in [0.3, 0.4) is 0 Å². The van der Waals surface area contributed by atoms with Gasteiger partial charge in [-0.05, 0) is 111 Å². The van der Waals surface area contributed by atoms with Crippen molar-refractivity contribution in [3.05, 3.63) is 142 Å². The SMILES string of the molecule is [2H]c1c(C(C)OCCc2ccccc2F)c2cc3nc(cc4ccc(cc5nc(cc1[nH]2)C=C5)[nH]4)C(C(C)OCCc1ccccc1F)=C3. The molecule has 242 valence electrons. The predicted octanol–water partition coefficient (Wildman–Crippen LogP) is 9.27. The van der Waals surface area contributed by atoms with Gasteiger partial charge in [0.1, 0.15) is 11.6 Å². The highest BCUT2D eigenvalue weighted by atomic mass is 19.1. The summed E-state index contributed by atoms with van der Waals surface area (Å²) in [6.07, 6.45) is 5.89. The average Bonchev–Trinajstić information content (AvgIpc) is 3.87. The first kappa shape index (κ1) is 30.2. The summed E-state index contributed by atoms with van der Waals surface area (Å²) in [5, 5.41) is 0. The molecule has 0 spiro atoms. The average molecular weight is 644 g/mol. The summed E-state index contributed by atoms with van der Waals surface area (Å²) in [5.41, 5.74) is 8.70. The van der Waals surface area contributed by atoms with Crippen molar-refractivity contribution in [1.29, 1.82) is 0 Å². The molecule has 48 heavy (non-hydrogen) atoms. The Hall–Kier alpha value is -5.18. The molecule has 3 aromatic heterocycles. The molecule has 0 amide bonds. The van der Waals surface area contributed by atoms with Crippen molar-refractivity contribution in [2.24, 2.45) is 0 Å². The monoisotopic (exact) mass is 643 g/mol. The van der Waals surface area contributed by atoms with E-state index in [0.717, 1.165) is 33.7 Å². The molecule has 6 nitrogen and oxygen atoms in total. The number of nitrogens with one attached hydrogen (secondary N) is 2. The van der Waals surface area contributed by atoms with Gasteiger partial charge in [-0.1, -0.05) is 36.4 Å². The lowest BCUT2D eigenvalue weighted by Crippen LogP contribution is -2.12. The van der Waals surface area contributed by atoms with Gasteiger partial charge in [-0.15, -0.1) is 0 Å². The van der Waals surface area contributed by atoms with Gasteiger partial charge in [0.05, 0.1) is 49.6 Å². The molecule has 2 aliphatic heterocycles. The molecule has 2 atom stereocenters. The van der Waals surface area contributed by atoms with Crippen LogP contribution in [-0.4, -0.2) is 39.3 Å². The first-order chi connectivity index (χ1) is 23.8. The normalized spacial score (nSPS) is 14.1. The van der Waals surface area contributed by atoms with E-state index in [2.05, 4.69) is 9.97 Å². The quantitative estimate of drug-likeness (QED) is 0.156. The number of nitrogens with zero attached hydrogens (tertiary/aromatic N) is 2. The van der Waals surface area contributed by atoms with Crippen molar-refractivity contribution in [2.45, 2.75) is 38.9 Å². The molecule has 2 N–H and O–H groups in total. The van der Waals surface area contributed by atoms with Gasteiger partial charge in [0.2, 0.25) is 0 Å². The lowest BCUT2D eigenvalue weighted by atomic mass is 10.1. The fourth-order valence-corrected chi connectivity index (χ4v) is 5.97. The van der Waals surface area contributed by atoms with Crippen molar-refractivity contribution in [2.75, 3.05) is 13.2 Å². The number of hydrogen-bond acceptors (Lipinski definition) is 4. The van der Waals surface area contributed by atoms with Gasteiger partial charge in [-0.2, -0.15) is 0 Å². The number of ether oxygens (including phenoxy) is 2. The van der Waals surface area contributed by atoms with Gasteiger partial charge in [0, 0.05) is 33.2 Å². The molecular weight excluding hydrogens is 606 g/mol. The Balaban J connectivity index is 1.28. The molecule has 8 heteroatoms. The fraction of sp³-hybridized carbons (Fsp3) is 0.200. The first-order valence-corrected chi connectivity index (χ1v) is 16.1. The molecule has 0 aliphatic carbocycles. The maximum Gasteiger partial charge on any atom is 0.126 e. The number of aromatic amines is 2. The highest BCUT2D eigenvalue weighted by Gasteiger charge is 2.19. The fourth-order valence-electron chi connectivity index (χ4n) is 5.97. The third kappa shape index (κ3) is 7.20. The minimum atomic E-state index is -0.472. The second-order valence-corrected chi connectivity index (χ2v) is 12.0. The van der Waals surface area contributed by atoms with Crippen LogP contribution in [0.5, 0.6) is 0 Å². The molecular formula is C40H36F2N4O2. The maximum absolute atomic E-state index is 14.3. The van der Waals surface area contributed by atoms with Crippen molar-refractivity contribution in [3.8, 4) is 0 Å². The molecule has 7 rings (SSSR count). The molecule has 5 aromatic rings. The summed E-state index contributed by atoms with van der Waals surface area (Å²) >= 11 is 0. The summed E-state index contributed by atoms with van der Waals surface area (Å²) in [6, 6.07) is 25.4. The lowest BCUT2D eigenvalue weighted by Gasteiger charge is -2.14. The molecule has 0 saturated heterocycles. The zero-order chi connectivity index (χ0) is 33.9.